The molecule has 0 aliphatic heterocycles. The van der Waals surface area contributed by atoms with Gasteiger partial charge in [-0.2, -0.15) is 0 Å². The first-order valence-corrected chi connectivity index (χ1v) is 10.1. The molecule has 124 valence electrons. The van der Waals surface area contributed by atoms with Crippen LogP contribution in [0.5, 0.6) is 0 Å². The lowest BCUT2D eigenvalue weighted by atomic mass is 10.1. The lowest BCUT2D eigenvalue weighted by Gasteiger charge is -2.40. The van der Waals surface area contributed by atoms with Crippen molar-refractivity contribution in [2.24, 2.45) is 0 Å². The summed E-state index contributed by atoms with van der Waals surface area (Å²) in [5.41, 5.74) is 0. The molecule has 1 aliphatic rings. The highest BCUT2D eigenvalue weighted by molar-refractivity contribution is 7.74. The molecule has 0 heterocycles. The first-order chi connectivity index (χ1) is 11.9. The molecule has 2 aromatic carbocycles. The van der Waals surface area contributed by atoms with Gasteiger partial charge >= 0.3 is 0 Å². The molecule has 24 heavy (non-hydrogen) atoms. The van der Waals surface area contributed by atoms with Crippen LogP contribution < -0.4 is 10.6 Å². The molecule has 1 atom stereocenters. The number of ether oxygens (including phenoxy) is 1. The lowest BCUT2D eigenvalue weighted by molar-refractivity contribution is 0.0556. The zero-order valence-electron chi connectivity index (χ0n) is 14.3. The molecule has 2 heteroatoms. The highest BCUT2D eigenvalue weighted by atomic mass is 31.1. The molecule has 0 aromatic heterocycles. The molecule has 0 saturated heterocycles. The molecule has 0 bridgehead atoms. The SMILES string of the molecule is CCCCOC1(P(c2ccccc2)c2ccccc2)C=CC=CC1. The second kappa shape index (κ2) is 8.42. The van der Waals surface area contributed by atoms with E-state index in [1.54, 1.807) is 0 Å². The van der Waals surface area contributed by atoms with Crippen LogP contribution in [0, 0.1) is 0 Å². The predicted molar refractivity (Wildman–Crippen MR) is 106 cm³/mol. The van der Waals surface area contributed by atoms with Gasteiger partial charge in [0.05, 0.1) is 0 Å². The zero-order chi connectivity index (χ0) is 16.7. The summed E-state index contributed by atoms with van der Waals surface area (Å²) in [5, 5.41) is 2.49. The van der Waals surface area contributed by atoms with Crippen LogP contribution in [0.25, 0.3) is 0 Å². The van der Waals surface area contributed by atoms with Crippen molar-refractivity contribution in [3.63, 3.8) is 0 Å². The average molecular weight is 336 g/mol. The van der Waals surface area contributed by atoms with Gasteiger partial charge in [-0.05, 0) is 31.0 Å². The van der Waals surface area contributed by atoms with Crippen LogP contribution in [0.2, 0.25) is 0 Å². The van der Waals surface area contributed by atoms with E-state index >= 15 is 0 Å². The Morgan fingerprint density at radius 2 is 1.54 bits per heavy atom. The maximum absolute atomic E-state index is 6.57. The number of unbranched alkanes of at least 4 members (excludes halogenated alkanes) is 1. The summed E-state index contributed by atoms with van der Waals surface area (Å²) in [6.45, 7) is 3.02. The third kappa shape index (κ3) is 3.86. The molecular formula is C22H25OP. The van der Waals surface area contributed by atoms with Gasteiger partial charge in [-0.25, -0.2) is 0 Å². The lowest BCUT2D eigenvalue weighted by Crippen LogP contribution is -2.36. The average Bonchev–Trinajstić information content (AvgIpc) is 2.65. The maximum Gasteiger partial charge on any atom is 0.117 e. The summed E-state index contributed by atoms with van der Waals surface area (Å²) < 4.78 is 6.57. The van der Waals surface area contributed by atoms with E-state index in [-0.39, 0.29) is 5.34 Å². The zero-order valence-corrected chi connectivity index (χ0v) is 15.2. The van der Waals surface area contributed by atoms with E-state index in [4.69, 9.17) is 4.74 Å². The van der Waals surface area contributed by atoms with Gasteiger partial charge in [0.15, 0.2) is 0 Å². The molecule has 0 radical (unpaired) electrons. The first-order valence-electron chi connectivity index (χ1n) is 8.74. The highest BCUT2D eigenvalue weighted by Crippen LogP contribution is 2.53. The fraction of sp³-hybridized carbons (Fsp3) is 0.273. The fourth-order valence-corrected chi connectivity index (χ4v) is 5.92. The molecule has 0 saturated carbocycles. The van der Waals surface area contributed by atoms with E-state index < -0.39 is 7.92 Å². The maximum atomic E-state index is 6.57. The minimum absolute atomic E-state index is 0.248. The fourth-order valence-electron chi connectivity index (χ4n) is 3.06. The Morgan fingerprint density at radius 1 is 0.917 bits per heavy atom. The topological polar surface area (TPSA) is 9.23 Å². The van der Waals surface area contributed by atoms with Crippen molar-refractivity contribution in [2.75, 3.05) is 6.61 Å². The van der Waals surface area contributed by atoms with E-state index in [0.717, 1.165) is 25.9 Å². The summed E-state index contributed by atoms with van der Waals surface area (Å²) in [4.78, 5) is 0. The van der Waals surface area contributed by atoms with Gasteiger partial charge < -0.3 is 4.74 Å². The van der Waals surface area contributed by atoms with Gasteiger partial charge in [-0.3, -0.25) is 0 Å². The summed E-state index contributed by atoms with van der Waals surface area (Å²) in [5.74, 6) is 0. The molecule has 1 unspecified atom stereocenters. The largest absolute Gasteiger partial charge is 0.365 e. The highest BCUT2D eigenvalue weighted by Gasteiger charge is 2.39. The molecule has 0 N–H and O–H groups in total. The van der Waals surface area contributed by atoms with Gasteiger partial charge in [-0.15, -0.1) is 0 Å². The van der Waals surface area contributed by atoms with E-state index in [0.29, 0.717) is 0 Å². The minimum atomic E-state index is -0.630. The number of allylic oxidation sites excluding steroid dienone is 2. The van der Waals surface area contributed by atoms with Crippen molar-refractivity contribution in [3.8, 4) is 0 Å². The number of benzene rings is 2. The summed E-state index contributed by atoms with van der Waals surface area (Å²) >= 11 is 0. The molecular weight excluding hydrogens is 311 g/mol. The summed E-state index contributed by atoms with van der Waals surface area (Å²) in [6.07, 6.45) is 12.0. The number of hydrogen-bond donors (Lipinski definition) is 0. The smallest absolute Gasteiger partial charge is 0.117 e. The molecule has 3 rings (SSSR count). The summed E-state index contributed by atoms with van der Waals surface area (Å²) in [6, 6.07) is 21.7. The van der Waals surface area contributed by atoms with Crippen LogP contribution in [0.1, 0.15) is 26.2 Å². The predicted octanol–water partition coefficient (Wildman–Crippen LogP) is 5.15. The molecule has 0 spiro atoms. The quantitative estimate of drug-likeness (QED) is 0.502. The van der Waals surface area contributed by atoms with Crippen molar-refractivity contribution in [2.45, 2.75) is 31.5 Å². The van der Waals surface area contributed by atoms with E-state index in [9.17, 15) is 0 Å². The monoisotopic (exact) mass is 336 g/mol. The van der Waals surface area contributed by atoms with Gasteiger partial charge in [0.2, 0.25) is 0 Å². The number of rotatable bonds is 7. The Labute approximate surface area is 146 Å². The molecule has 0 amide bonds. The van der Waals surface area contributed by atoms with Crippen molar-refractivity contribution >= 4 is 18.5 Å². The van der Waals surface area contributed by atoms with Crippen LogP contribution in [-0.2, 0) is 4.74 Å². The van der Waals surface area contributed by atoms with E-state index in [2.05, 4.69) is 91.9 Å². The van der Waals surface area contributed by atoms with Crippen molar-refractivity contribution in [1.29, 1.82) is 0 Å². The van der Waals surface area contributed by atoms with E-state index in [1.165, 1.54) is 10.6 Å². The Kier molecular flexibility index (Phi) is 6.01. The third-order valence-electron chi connectivity index (χ3n) is 4.27. The van der Waals surface area contributed by atoms with Gasteiger partial charge in [-0.1, -0.05) is 92.2 Å². The van der Waals surface area contributed by atoms with E-state index in [1.807, 2.05) is 0 Å². The molecule has 2 aromatic rings. The molecule has 1 nitrogen and oxygen atoms in total. The van der Waals surface area contributed by atoms with Gasteiger partial charge in [0.25, 0.3) is 0 Å². The van der Waals surface area contributed by atoms with Crippen molar-refractivity contribution < 1.29 is 4.74 Å². The normalized spacial score (nSPS) is 19.8. The van der Waals surface area contributed by atoms with Gasteiger partial charge in [0, 0.05) is 13.0 Å². The second-order valence-corrected chi connectivity index (χ2v) is 8.51. The Balaban J connectivity index is 2.04. The third-order valence-corrected chi connectivity index (χ3v) is 7.12. The molecule has 1 aliphatic carbocycles. The van der Waals surface area contributed by atoms with Crippen LogP contribution in [0.15, 0.2) is 85.0 Å². The second-order valence-electron chi connectivity index (χ2n) is 6.04. The first kappa shape index (κ1) is 17.1. The van der Waals surface area contributed by atoms with Crippen LogP contribution in [0.4, 0.5) is 0 Å². The van der Waals surface area contributed by atoms with Crippen LogP contribution in [-0.4, -0.2) is 11.9 Å². The number of hydrogen-bond acceptors (Lipinski definition) is 1. The minimum Gasteiger partial charge on any atom is -0.365 e. The van der Waals surface area contributed by atoms with Crippen molar-refractivity contribution in [3.05, 3.63) is 85.0 Å². The van der Waals surface area contributed by atoms with Crippen LogP contribution in [0.3, 0.4) is 0 Å². The Bertz CT molecular complexity index is 638. The van der Waals surface area contributed by atoms with Crippen LogP contribution >= 0.6 is 7.92 Å². The molecule has 0 fully saturated rings. The Morgan fingerprint density at radius 3 is 2.04 bits per heavy atom. The van der Waals surface area contributed by atoms with Crippen molar-refractivity contribution in [1.82, 2.24) is 0 Å². The van der Waals surface area contributed by atoms with Gasteiger partial charge in [0.1, 0.15) is 5.34 Å². The Hall–Kier alpha value is -1.69. The standard InChI is InChI=1S/C22H25OP/c1-2-3-19-23-22(17-11-6-12-18-22)24(20-13-7-4-8-14-20)21-15-9-5-10-16-21/h4-17H,2-3,18-19H2,1H3. The summed E-state index contributed by atoms with van der Waals surface area (Å²) in [7, 11) is -0.630.